The first-order valence-electron chi connectivity index (χ1n) is 3.92. The molecule has 0 spiro atoms. The molecule has 2 heteroatoms. The largest absolute Gasteiger partial charge is 0.393 e. The highest BCUT2D eigenvalue weighted by atomic mass is 16.3. The quantitative estimate of drug-likeness (QED) is 0.640. The summed E-state index contributed by atoms with van der Waals surface area (Å²) in [6.07, 6.45) is 1.61. The van der Waals surface area contributed by atoms with Crippen LogP contribution in [0, 0.1) is 0 Å². The van der Waals surface area contributed by atoms with Gasteiger partial charge in [-0.2, -0.15) is 0 Å². The van der Waals surface area contributed by atoms with E-state index in [0.717, 1.165) is 12.8 Å². The molecule has 0 unspecified atom stereocenters. The third-order valence-electron chi connectivity index (χ3n) is 1.97. The number of hydrogen-bond acceptors (Lipinski definition) is 2. The lowest BCUT2D eigenvalue weighted by atomic mass is 10.1. The molecule has 0 rings (SSSR count). The zero-order valence-electron chi connectivity index (χ0n) is 7.46. The van der Waals surface area contributed by atoms with Crippen LogP contribution in [-0.4, -0.2) is 36.2 Å². The second-order valence-corrected chi connectivity index (χ2v) is 3.11. The molecule has 0 aliphatic heterocycles. The van der Waals surface area contributed by atoms with Gasteiger partial charge in [-0.25, -0.2) is 0 Å². The van der Waals surface area contributed by atoms with Gasteiger partial charge in [0, 0.05) is 6.04 Å². The van der Waals surface area contributed by atoms with Crippen molar-refractivity contribution < 1.29 is 5.11 Å². The average molecular weight is 145 g/mol. The third kappa shape index (κ3) is 3.85. The SMILES string of the molecule is CC[C@@H](O)C[C@H](C)N(C)C. The van der Waals surface area contributed by atoms with Crippen molar-refractivity contribution in [3.63, 3.8) is 0 Å². The Morgan fingerprint density at radius 2 is 1.90 bits per heavy atom. The van der Waals surface area contributed by atoms with Crippen LogP contribution in [0.3, 0.4) is 0 Å². The second kappa shape index (κ2) is 4.69. The first-order valence-corrected chi connectivity index (χ1v) is 3.92. The topological polar surface area (TPSA) is 23.5 Å². The summed E-state index contributed by atoms with van der Waals surface area (Å²) in [7, 11) is 4.07. The maximum Gasteiger partial charge on any atom is 0.0552 e. The normalized spacial score (nSPS) is 17.4. The second-order valence-electron chi connectivity index (χ2n) is 3.11. The lowest BCUT2D eigenvalue weighted by molar-refractivity contribution is 0.125. The zero-order valence-corrected chi connectivity index (χ0v) is 7.46. The number of nitrogens with zero attached hydrogens (tertiary/aromatic N) is 1. The molecule has 0 aliphatic rings. The summed E-state index contributed by atoms with van der Waals surface area (Å²) in [6, 6.07) is 0.481. The zero-order chi connectivity index (χ0) is 8.15. The van der Waals surface area contributed by atoms with Crippen LogP contribution in [0.25, 0.3) is 0 Å². The van der Waals surface area contributed by atoms with Gasteiger partial charge in [0.2, 0.25) is 0 Å². The molecule has 0 amide bonds. The minimum Gasteiger partial charge on any atom is -0.393 e. The van der Waals surface area contributed by atoms with Gasteiger partial charge in [0.15, 0.2) is 0 Å². The van der Waals surface area contributed by atoms with Crippen LogP contribution >= 0.6 is 0 Å². The molecule has 0 aliphatic carbocycles. The van der Waals surface area contributed by atoms with E-state index in [2.05, 4.69) is 11.8 Å². The molecule has 0 aromatic carbocycles. The Labute approximate surface area is 63.8 Å². The monoisotopic (exact) mass is 145 g/mol. The lowest BCUT2D eigenvalue weighted by Crippen LogP contribution is -2.28. The highest BCUT2D eigenvalue weighted by Crippen LogP contribution is 2.04. The van der Waals surface area contributed by atoms with Gasteiger partial charge in [-0.05, 0) is 33.9 Å². The molecule has 1 N–H and O–H groups in total. The number of aliphatic hydroxyl groups excluding tert-OH is 1. The number of rotatable bonds is 4. The molecule has 0 saturated heterocycles. The summed E-state index contributed by atoms with van der Waals surface area (Å²) in [5, 5.41) is 9.25. The highest BCUT2D eigenvalue weighted by Gasteiger charge is 2.09. The van der Waals surface area contributed by atoms with E-state index in [1.54, 1.807) is 0 Å². The van der Waals surface area contributed by atoms with Gasteiger partial charge >= 0.3 is 0 Å². The smallest absolute Gasteiger partial charge is 0.0552 e. The minimum absolute atomic E-state index is 0.127. The Morgan fingerprint density at radius 3 is 2.20 bits per heavy atom. The van der Waals surface area contributed by atoms with Crippen molar-refractivity contribution in [2.45, 2.75) is 38.8 Å². The van der Waals surface area contributed by atoms with Crippen LogP contribution in [0.15, 0.2) is 0 Å². The molecular weight excluding hydrogens is 126 g/mol. The third-order valence-corrected chi connectivity index (χ3v) is 1.97. The number of hydrogen-bond donors (Lipinski definition) is 1. The molecular formula is C8H19NO. The first kappa shape index (κ1) is 9.92. The van der Waals surface area contributed by atoms with Gasteiger partial charge in [-0.15, -0.1) is 0 Å². The standard InChI is InChI=1S/C8H19NO/c1-5-8(10)6-7(2)9(3)4/h7-8,10H,5-6H2,1-4H3/t7-,8+/m0/s1. The van der Waals surface area contributed by atoms with Gasteiger partial charge in [0.25, 0.3) is 0 Å². The van der Waals surface area contributed by atoms with Gasteiger partial charge in [0.05, 0.1) is 6.10 Å². The van der Waals surface area contributed by atoms with Crippen LogP contribution in [0.2, 0.25) is 0 Å². The molecule has 0 aromatic heterocycles. The van der Waals surface area contributed by atoms with E-state index >= 15 is 0 Å². The predicted molar refractivity (Wildman–Crippen MR) is 44.1 cm³/mol. The van der Waals surface area contributed by atoms with Crippen molar-refractivity contribution in [1.82, 2.24) is 4.90 Å². The van der Waals surface area contributed by atoms with Gasteiger partial charge < -0.3 is 10.0 Å². The minimum atomic E-state index is -0.127. The van der Waals surface area contributed by atoms with Crippen LogP contribution in [-0.2, 0) is 0 Å². The van der Waals surface area contributed by atoms with E-state index in [-0.39, 0.29) is 6.10 Å². The number of aliphatic hydroxyl groups is 1. The molecule has 0 fully saturated rings. The van der Waals surface area contributed by atoms with Crippen molar-refractivity contribution in [2.24, 2.45) is 0 Å². The molecule has 2 nitrogen and oxygen atoms in total. The van der Waals surface area contributed by atoms with Crippen LogP contribution in [0.1, 0.15) is 26.7 Å². The summed E-state index contributed by atoms with van der Waals surface area (Å²) < 4.78 is 0. The molecule has 62 valence electrons. The molecule has 0 saturated carbocycles. The van der Waals surface area contributed by atoms with Gasteiger partial charge in [-0.1, -0.05) is 6.92 Å². The fourth-order valence-electron chi connectivity index (χ4n) is 0.771. The van der Waals surface area contributed by atoms with Crippen molar-refractivity contribution >= 4 is 0 Å². The molecule has 0 heterocycles. The lowest BCUT2D eigenvalue weighted by Gasteiger charge is -2.21. The molecule has 10 heavy (non-hydrogen) atoms. The fourth-order valence-corrected chi connectivity index (χ4v) is 0.771. The summed E-state index contributed by atoms with van der Waals surface area (Å²) in [5.41, 5.74) is 0. The van der Waals surface area contributed by atoms with Gasteiger partial charge in [0.1, 0.15) is 0 Å². The summed E-state index contributed by atoms with van der Waals surface area (Å²) in [6.45, 7) is 4.13. The van der Waals surface area contributed by atoms with E-state index in [9.17, 15) is 5.11 Å². The van der Waals surface area contributed by atoms with E-state index in [0.29, 0.717) is 6.04 Å². The van der Waals surface area contributed by atoms with E-state index < -0.39 is 0 Å². The maximum absolute atomic E-state index is 9.25. The average Bonchev–Trinajstić information content (AvgIpc) is 1.87. The Bertz CT molecular complexity index is 83.3. The molecule has 0 radical (unpaired) electrons. The van der Waals surface area contributed by atoms with Crippen molar-refractivity contribution in [2.75, 3.05) is 14.1 Å². The predicted octanol–water partition coefficient (Wildman–Crippen LogP) is 1.10. The van der Waals surface area contributed by atoms with E-state index in [1.165, 1.54) is 0 Å². The van der Waals surface area contributed by atoms with Crippen LogP contribution in [0.5, 0.6) is 0 Å². The Balaban J connectivity index is 3.46. The summed E-state index contributed by atoms with van der Waals surface area (Å²) in [4.78, 5) is 2.12. The summed E-state index contributed by atoms with van der Waals surface area (Å²) >= 11 is 0. The summed E-state index contributed by atoms with van der Waals surface area (Å²) in [5.74, 6) is 0. The van der Waals surface area contributed by atoms with E-state index in [1.807, 2.05) is 21.0 Å². The van der Waals surface area contributed by atoms with Crippen molar-refractivity contribution in [1.29, 1.82) is 0 Å². The Kier molecular flexibility index (Phi) is 4.65. The van der Waals surface area contributed by atoms with Crippen molar-refractivity contribution in [3.05, 3.63) is 0 Å². The molecule has 2 atom stereocenters. The fraction of sp³-hybridized carbons (Fsp3) is 1.00. The Hall–Kier alpha value is -0.0800. The maximum atomic E-state index is 9.25. The molecule has 0 bridgehead atoms. The highest BCUT2D eigenvalue weighted by molar-refractivity contribution is 4.64. The first-order chi connectivity index (χ1) is 4.57. The van der Waals surface area contributed by atoms with Gasteiger partial charge in [-0.3, -0.25) is 0 Å². The van der Waals surface area contributed by atoms with Crippen molar-refractivity contribution in [3.8, 4) is 0 Å². The van der Waals surface area contributed by atoms with Crippen LogP contribution < -0.4 is 0 Å². The Morgan fingerprint density at radius 1 is 1.40 bits per heavy atom. The van der Waals surface area contributed by atoms with Crippen LogP contribution in [0.4, 0.5) is 0 Å². The molecule has 0 aromatic rings. The van der Waals surface area contributed by atoms with E-state index in [4.69, 9.17) is 0 Å².